The molecule has 1 radical (unpaired) electrons. The highest BCUT2D eigenvalue weighted by atomic mass is 16.6. The van der Waals surface area contributed by atoms with Gasteiger partial charge in [-0.05, 0) is 6.42 Å². The third-order valence-corrected chi connectivity index (χ3v) is 1.69. The first kappa shape index (κ1) is 15.8. The van der Waals surface area contributed by atoms with Crippen LogP contribution in [0.1, 0.15) is 13.3 Å². The van der Waals surface area contributed by atoms with Crippen molar-refractivity contribution in [2.24, 2.45) is 0 Å². The highest BCUT2D eigenvalue weighted by molar-refractivity contribution is 4.34. The van der Waals surface area contributed by atoms with Crippen LogP contribution in [0.3, 0.4) is 0 Å². The number of hydrogen-bond acceptors (Lipinski definition) is 4. The molecule has 0 amide bonds. The molecule has 0 bridgehead atoms. The van der Waals surface area contributed by atoms with Crippen molar-refractivity contribution in [3.63, 3.8) is 0 Å². The van der Waals surface area contributed by atoms with Gasteiger partial charge in [0, 0.05) is 6.61 Å². The standard InChI is InChI=1S/C11H23O5/c1-2-4-13-6-8-15-10-11-16-9-7-14-5-3-12/h2-11H2,1H3. The van der Waals surface area contributed by atoms with Gasteiger partial charge in [-0.3, -0.25) is 0 Å². The van der Waals surface area contributed by atoms with E-state index in [0.29, 0.717) is 39.6 Å². The Labute approximate surface area is 97.6 Å². The molecule has 0 aromatic heterocycles. The van der Waals surface area contributed by atoms with Gasteiger partial charge in [0.1, 0.15) is 6.61 Å². The molecule has 0 aliphatic carbocycles. The van der Waals surface area contributed by atoms with E-state index < -0.39 is 0 Å². The van der Waals surface area contributed by atoms with Crippen LogP contribution >= 0.6 is 0 Å². The molecule has 0 spiro atoms. The van der Waals surface area contributed by atoms with Crippen molar-refractivity contribution in [2.75, 3.05) is 59.5 Å². The maximum absolute atomic E-state index is 10.0. The lowest BCUT2D eigenvalue weighted by atomic mass is 10.5. The average Bonchev–Trinajstić information content (AvgIpc) is 2.31. The molecule has 0 unspecified atom stereocenters. The lowest BCUT2D eigenvalue weighted by Crippen LogP contribution is -2.12. The fourth-order valence-corrected chi connectivity index (χ4v) is 0.965. The summed E-state index contributed by atoms with van der Waals surface area (Å²) in [6.45, 7) is 6.27. The Morgan fingerprint density at radius 2 is 1.00 bits per heavy atom. The van der Waals surface area contributed by atoms with E-state index in [-0.39, 0.29) is 13.2 Å². The van der Waals surface area contributed by atoms with Crippen LogP contribution in [0, 0.1) is 0 Å². The zero-order valence-corrected chi connectivity index (χ0v) is 10.1. The zero-order chi connectivity index (χ0) is 11.9. The van der Waals surface area contributed by atoms with Crippen LogP contribution in [0.25, 0.3) is 0 Å². The van der Waals surface area contributed by atoms with Crippen molar-refractivity contribution in [3.05, 3.63) is 0 Å². The lowest BCUT2D eigenvalue weighted by molar-refractivity contribution is -0.00902. The van der Waals surface area contributed by atoms with E-state index in [1.807, 2.05) is 0 Å². The predicted octanol–water partition coefficient (Wildman–Crippen LogP) is 0.893. The lowest BCUT2D eigenvalue weighted by Gasteiger charge is -2.06. The Bertz CT molecular complexity index is 107. The SMILES string of the molecule is CCCOCCOCCOCCOCC[O]. The molecule has 97 valence electrons. The second-order valence-corrected chi connectivity index (χ2v) is 3.15. The van der Waals surface area contributed by atoms with Gasteiger partial charge >= 0.3 is 0 Å². The molecule has 0 saturated heterocycles. The summed E-state index contributed by atoms with van der Waals surface area (Å²) >= 11 is 0. The molecule has 0 heterocycles. The first-order chi connectivity index (χ1) is 7.91. The zero-order valence-electron chi connectivity index (χ0n) is 10.1. The molecule has 0 aliphatic rings. The molecular weight excluding hydrogens is 212 g/mol. The summed E-state index contributed by atoms with van der Waals surface area (Å²) < 4.78 is 20.7. The van der Waals surface area contributed by atoms with E-state index in [1.54, 1.807) is 0 Å². The summed E-state index contributed by atoms with van der Waals surface area (Å²) in [5, 5.41) is 10.0. The van der Waals surface area contributed by atoms with E-state index in [0.717, 1.165) is 13.0 Å². The topological polar surface area (TPSA) is 56.8 Å². The quantitative estimate of drug-likeness (QED) is 0.445. The first-order valence-corrected chi connectivity index (χ1v) is 5.81. The van der Waals surface area contributed by atoms with Gasteiger partial charge in [0.15, 0.2) is 0 Å². The second-order valence-electron chi connectivity index (χ2n) is 3.15. The molecule has 0 fully saturated rings. The largest absolute Gasteiger partial charge is 0.379 e. The van der Waals surface area contributed by atoms with Crippen LogP contribution in [0.5, 0.6) is 0 Å². The predicted molar refractivity (Wildman–Crippen MR) is 59.1 cm³/mol. The van der Waals surface area contributed by atoms with Crippen molar-refractivity contribution >= 4 is 0 Å². The highest BCUT2D eigenvalue weighted by Gasteiger charge is 1.91. The molecule has 0 N–H and O–H groups in total. The minimum absolute atomic E-state index is 0.194. The Morgan fingerprint density at radius 1 is 0.625 bits per heavy atom. The molecule has 0 atom stereocenters. The molecule has 0 aromatic rings. The molecular formula is C11H23O5. The summed E-state index contributed by atoms with van der Waals surface area (Å²) in [4.78, 5) is 0. The maximum Gasteiger partial charge on any atom is 0.106 e. The van der Waals surface area contributed by atoms with Crippen molar-refractivity contribution in [1.29, 1.82) is 0 Å². The molecule has 0 rings (SSSR count). The molecule has 16 heavy (non-hydrogen) atoms. The van der Waals surface area contributed by atoms with Gasteiger partial charge in [-0.1, -0.05) is 6.92 Å². The molecule has 5 heteroatoms. The van der Waals surface area contributed by atoms with Crippen LogP contribution in [0.2, 0.25) is 0 Å². The van der Waals surface area contributed by atoms with Crippen molar-refractivity contribution in [2.45, 2.75) is 13.3 Å². The highest BCUT2D eigenvalue weighted by Crippen LogP contribution is 1.83. The smallest absolute Gasteiger partial charge is 0.106 e. The minimum atomic E-state index is -0.194. The fourth-order valence-electron chi connectivity index (χ4n) is 0.965. The van der Waals surface area contributed by atoms with Crippen LogP contribution in [0.15, 0.2) is 0 Å². The third-order valence-electron chi connectivity index (χ3n) is 1.69. The van der Waals surface area contributed by atoms with Crippen molar-refractivity contribution in [1.82, 2.24) is 0 Å². The van der Waals surface area contributed by atoms with Crippen molar-refractivity contribution < 1.29 is 24.1 Å². The van der Waals surface area contributed by atoms with Gasteiger partial charge in [-0.15, -0.1) is 0 Å². The first-order valence-electron chi connectivity index (χ1n) is 5.81. The second kappa shape index (κ2) is 14.8. The molecule has 0 saturated carbocycles. The summed E-state index contributed by atoms with van der Waals surface area (Å²) in [6, 6.07) is 0. The van der Waals surface area contributed by atoms with Crippen LogP contribution in [-0.4, -0.2) is 59.5 Å². The van der Waals surface area contributed by atoms with Crippen LogP contribution in [-0.2, 0) is 24.1 Å². The summed E-state index contributed by atoms with van der Waals surface area (Å²) in [6.07, 6.45) is 1.03. The van der Waals surface area contributed by atoms with Crippen molar-refractivity contribution in [3.8, 4) is 0 Å². The Morgan fingerprint density at radius 3 is 1.38 bits per heavy atom. The van der Waals surface area contributed by atoms with Gasteiger partial charge in [0.2, 0.25) is 0 Å². The number of rotatable bonds is 13. The molecule has 5 nitrogen and oxygen atoms in total. The Hall–Kier alpha value is -0.200. The van der Waals surface area contributed by atoms with E-state index in [2.05, 4.69) is 6.92 Å². The normalized spacial score (nSPS) is 10.9. The maximum atomic E-state index is 10.0. The minimum Gasteiger partial charge on any atom is -0.379 e. The summed E-state index contributed by atoms with van der Waals surface area (Å²) in [5.74, 6) is 0. The van der Waals surface area contributed by atoms with Gasteiger partial charge in [0.05, 0.1) is 46.2 Å². The Balaban J connectivity index is 2.83. The van der Waals surface area contributed by atoms with E-state index >= 15 is 0 Å². The van der Waals surface area contributed by atoms with E-state index in [9.17, 15) is 5.11 Å². The van der Waals surface area contributed by atoms with Gasteiger partial charge in [-0.2, -0.15) is 0 Å². The number of hydrogen-bond donors (Lipinski definition) is 0. The van der Waals surface area contributed by atoms with Gasteiger partial charge in [0.25, 0.3) is 0 Å². The molecule has 0 aliphatic heterocycles. The van der Waals surface area contributed by atoms with Crippen LogP contribution < -0.4 is 0 Å². The van der Waals surface area contributed by atoms with Crippen LogP contribution in [0.4, 0.5) is 0 Å². The van der Waals surface area contributed by atoms with Gasteiger partial charge in [-0.25, -0.2) is 5.11 Å². The number of ether oxygens (including phenoxy) is 4. The average molecular weight is 235 g/mol. The summed E-state index contributed by atoms with van der Waals surface area (Å²) in [7, 11) is 0. The monoisotopic (exact) mass is 235 g/mol. The van der Waals surface area contributed by atoms with E-state index in [4.69, 9.17) is 18.9 Å². The van der Waals surface area contributed by atoms with E-state index in [1.165, 1.54) is 0 Å². The summed E-state index contributed by atoms with van der Waals surface area (Å²) in [5.41, 5.74) is 0. The third kappa shape index (κ3) is 13.8. The Kier molecular flexibility index (Phi) is 14.6. The molecule has 0 aromatic carbocycles. The fraction of sp³-hybridized carbons (Fsp3) is 1.00. The van der Waals surface area contributed by atoms with Gasteiger partial charge < -0.3 is 18.9 Å².